The SMILES string of the molecule is COc1cc([N+](=O)[O-])c(C(=O)NCCCC(=O)O)cc1SC. The number of carbonyl (C=O) groups is 2. The second-order valence-electron chi connectivity index (χ2n) is 4.23. The van der Waals surface area contributed by atoms with Gasteiger partial charge in [-0.2, -0.15) is 0 Å². The molecule has 0 aliphatic heterocycles. The summed E-state index contributed by atoms with van der Waals surface area (Å²) in [5.74, 6) is -1.26. The second kappa shape index (κ2) is 8.23. The van der Waals surface area contributed by atoms with Crippen LogP contribution in [0.4, 0.5) is 5.69 Å². The molecule has 0 aromatic heterocycles. The zero-order valence-electron chi connectivity index (χ0n) is 12.1. The van der Waals surface area contributed by atoms with Gasteiger partial charge < -0.3 is 15.2 Å². The van der Waals surface area contributed by atoms with Crippen LogP contribution in [0, 0.1) is 10.1 Å². The lowest BCUT2D eigenvalue weighted by Gasteiger charge is -2.10. The van der Waals surface area contributed by atoms with Crippen LogP contribution < -0.4 is 10.1 Å². The smallest absolute Gasteiger partial charge is 0.303 e. The molecule has 0 spiro atoms. The van der Waals surface area contributed by atoms with Crippen molar-refractivity contribution in [3.05, 3.63) is 27.8 Å². The maximum Gasteiger partial charge on any atom is 0.303 e. The van der Waals surface area contributed by atoms with Crippen LogP contribution in [-0.4, -0.2) is 41.8 Å². The molecule has 0 aliphatic carbocycles. The van der Waals surface area contributed by atoms with Crippen molar-refractivity contribution in [2.24, 2.45) is 0 Å². The van der Waals surface area contributed by atoms with Crippen LogP contribution in [-0.2, 0) is 4.79 Å². The van der Waals surface area contributed by atoms with Gasteiger partial charge in [0.05, 0.1) is 23.0 Å². The van der Waals surface area contributed by atoms with E-state index < -0.39 is 16.8 Å². The summed E-state index contributed by atoms with van der Waals surface area (Å²) < 4.78 is 5.06. The van der Waals surface area contributed by atoms with Crippen LogP contribution in [0.5, 0.6) is 5.75 Å². The third-order valence-electron chi connectivity index (χ3n) is 2.80. The number of ether oxygens (including phenoxy) is 1. The van der Waals surface area contributed by atoms with E-state index in [0.29, 0.717) is 10.6 Å². The minimum absolute atomic E-state index is 0.0783. The first kappa shape index (κ1) is 17.8. The van der Waals surface area contributed by atoms with Crippen molar-refractivity contribution >= 4 is 29.3 Å². The number of aliphatic carboxylic acids is 1. The van der Waals surface area contributed by atoms with Gasteiger partial charge in [-0.3, -0.25) is 19.7 Å². The minimum Gasteiger partial charge on any atom is -0.495 e. The Morgan fingerprint density at radius 1 is 1.45 bits per heavy atom. The first-order chi connectivity index (χ1) is 10.4. The lowest BCUT2D eigenvalue weighted by atomic mass is 10.1. The van der Waals surface area contributed by atoms with Gasteiger partial charge in [-0.15, -0.1) is 11.8 Å². The molecule has 120 valence electrons. The van der Waals surface area contributed by atoms with Crippen molar-refractivity contribution in [2.75, 3.05) is 19.9 Å². The van der Waals surface area contributed by atoms with Gasteiger partial charge in [0.25, 0.3) is 11.6 Å². The molecule has 0 saturated heterocycles. The number of benzene rings is 1. The highest BCUT2D eigenvalue weighted by molar-refractivity contribution is 7.98. The molecule has 0 fully saturated rings. The zero-order valence-corrected chi connectivity index (χ0v) is 12.9. The first-order valence-electron chi connectivity index (χ1n) is 6.31. The topological polar surface area (TPSA) is 119 Å². The lowest BCUT2D eigenvalue weighted by Crippen LogP contribution is -2.25. The van der Waals surface area contributed by atoms with E-state index in [1.54, 1.807) is 6.26 Å². The van der Waals surface area contributed by atoms with Crippen LogP contribution >= 0.6 is 11.8 Å². The Morgan fingerprint density at radius 2 is 2.14 bits per heavy atom. The van der Waals surface area contributed by atoms with E-state index in [4.69, 9.17) is 9.84 Å². The normalized spacial score (nSPS) is 10.1. The maximum atomic E-state index is 12.1. The summed E-state index contributed by atoms with van der Waals surface area (Å²) in [4.78, 5) is 33.5. The van der Waals surface area contributed by atoms with Gasteiger partial charge in [0.2, 0.25) is 0 Å². The number of carboxylic acids is 1. The molecular formula is C13H16N2O6S. The van der Waals surface area contributed by atoms with Crippen molar-refractivity contribution < 1.29 is 24.4 Å². The van der Waals surface area contributed by atoms with Crippen LogP contribution in [0.2, 0.25) is 0 Å². The van der Waals surface area contributed by atoms with Crippen LogP contribution in [0.1, 0.15) is 23.2 Å². The lowest BCUT2D eigenvalue weighted by molar-refractivity contribution is -0.385. The number of hydrogen-bond donors (Lipinski definition) is 2. The number of thioether (sulfide) groups is 1. The third kappa shape index (κ3) is 4.62. The monoisotopic (exact) mass is 328 g/mol. The molecule has 0 bridgehead atoms. The van der Waals surface area contributed by atoms with Gasteiger partial charge in [0.1, 0.15) is 11.3 Å². The number of nitro groups is 1. The third-order valence-corrected chi connectivity index (χ3v) is 3.56. The predicted molar refractivity (Wildman–Crippen MR) is 80.6 cm³/mol. The molecule has 2 N–H and O–H groups in total. The highest BCUT2D eigenvalue weighted by Crippen LogP contribution is 2.34. The van der Waals surface area contributed by atoms with E-state index in [-0.39, 0.29) is 30.6 Å². The Morgan fingerprint density at radius 3 is 2.64 bits per heavy atom. The highest BCUT2D eigenvalue weighted by Gasteiger charge is 2.23. The van der Waals surface area contributed by atoms with Crippen molar-refractivity contribution in [3.63, 3.8) is 0 Å². The Kier molecular flexibility index (Phi) is 6.64. The summed E-state index contributed by atoms with van der Waals surface area (Å²) >= 11 is 1.30. The van der Waals surface area contributed by atoms with E-state index in [1.165, 1.54) is 31.0 Å². The van der Waals surface area contributed by atoms with E-state index in [2.05, 4.69) is 5.32 Å². The molecule has 0 radical (unpaired) electrons. The number of methoxy groups -OCH3 is 1. The standard InChI is InChI=1S/C13H16N2O6S/c1-21-10-7-9(15(19)20)8(6-11(10)22-2)13(18)14-5-3-4-12(16)17/h6-7H,3-5H2,1-2H3,(H,14,18)(H,16,17). The number of nitrogens with one attached hydrogen (secondary N) is 1. The van der Waals surface area contributed by atoms with E-state index >= 15 is 0 Å². The summed E-state index contributed by atoms with van der Waals surface area (Å²) in [6.07, 6.45) is 1.93. The molecule has 1 amide bonds. The summed E-state index contributed by atoms with van der Waals surface area (Å²) in [6.45, 7) is 0.128. The van der Waals surface area contributed by atoms with Crippen molar-refractivity contribution in [1.82, 2.24) is 5.32 Å². The van der Waals surface area contributed by atoms with Gasteiger partial charge in [-0.1, -0.05) is 0 Å². The summed E-state index contributed by atoms with van der Waals surface area (Å²) in [6, 6.07) is 2.60. The van der Waals surface area contributed by atoms with Crippen LogP contribution in [0.15, 0.2) is 17.0 Å². The second-order valence-corrected chi connectivity index (χ2v) is 5.08. The van der Waals surface area contributed by atoms with Gasteiger partial charge >= 0.3 is 5.97 Å². The summed E-state index contributed by atoms with van der Waals surface area (Å²) in [5.41, 5.74) is -0.434. The highest BCUT2D eigenvalue weighted by atomic mass is 32.2. The van der Waals surface area contributed by atoms with Gasteiger partial charge in [-0.25, -0.2) is 0 Å². The van der Waals surface area contributed by atoms with Crippen molar-refractivity contribution in [3.8, 4) is 5.75 Å². The van der Waals surface area contributed by atoms with Gasteiger partial charge in [0.15, 0.2) is 0 Å². The molecule has 0 unspecified atom stereocenters. The maximum absolute atomic E-state index is 12.1. The molecule has 0 aliphatic rings. The summed E-state index contributed by atoms with van der Waals surface area (Å²) in [7, 11) is 1.39. The average molecular weight is 328 g/mol. The molecule has 1 rings (SSSR count). The quantitative estimate of drug-likeness (QED) is 0.324. The largest absolute Gasteiger partial charge is 0.495 e. The summed E-state index contributed by atoms with van der Waals surface area (Å²) in [5, 5.41) is 22.1. The molecule has 9 heteroatoms. The number of carbonyl (C=O) groups excluding carboxylic acids is 1. The Hall–Kier alpha value is -2.29. The van der Waals surface area contributed by atoms with Crippen LogP contribution in [0.25, 0.3) is 0 Å². The predicted octanol–water partition coefficient (Wildman–Crippen LogP) is 1.92. The first-order valence-corrected chi connectivity index (χ1v) is 7.53. The fourth-order valence-electron chi connectivity index (χ4n) is 1.74. The molecule has 0 atom stereocenters. The molecule has 1 aromatic carbocycles. The van der Waals surface area contributed by atoms with Crippen LogP contribution in [0.3, 0.4) is 0 Å². The Balaban J connectivity index is 2.98. The molecule has 0 saturated carbocycles. The Bertz CT molecular complexity index is 590. The molecule has 8 nitrogen and oxygen atoms in total. The molecule has 1 aromatic rings. The van der Waals surface area contributed by atoms with Gasteiger partial charge in [0, 0.05) is 13.0 Å². The van der Waals surface area contributed by atoms with E-state index in [9.17, 15) is 19.7 Å². The Labute approximate surface area is 131 Å². The van der Waals surface area contributed by atoms with E-state index in [0.717, 1.165) is 0 Å². The molecule has 22 heavy (non-hydrogen) atoms. The van der Waals surface area contributed by atoms with Crippen molar-refractivity contribution in [1.29, 1.82) is 0 Å². The molecular weight excluding hydrogens is 312 g/mol. The number of nitro benzene ring substituents is 1. The fourth-order valence-corrected chi connectivity index (χ4v) is 2.32. The molecule has 0 heterocycles. The van der Waals surface area contributed by atoms with E-state index in [1.807, 2.05) is 0 Å². The minimum atomic E-state index is -0.964. The number of amides is 1. The number of nitrogens with zero attached hydrogens (tertiary/aromatic N) is 1. The fraction of sp³-hybridized carbons (Fsp3) is 0.385. The van der Waals surface area contributed by atoms with Crippen molar-refractivity contribution in [2.45, 2.75) is 17.7 Å². The average Bonchev–Trinajstić information content (AvgIpc) is 2.49. The zero-order chi connectivity index (χ0) is 16.7. The van der Waals surface area contributed by atoms with Gasteiger partial charge in [-0.05, 0) is 18.7 Å². The number of rotatable bonds is 8. The number of carboxylic acid groups (broad SMARTS) is 1. The number of hydrogen-bond acceptors (Lipinski definition) is 6.